The van der Waals surface area contributed by atoms with Gasteiger partial charge in [-0.1, -0.05) is 17.7 Å². The van der Waals surface area contributed by atoms with E-state index in [1.54, 1.807) is 13.0 Å². The highest BCUT2D eigenvalue weighted by molar-refractivity contribution is 7.89. The van der Waals surface area contributed by atoms with Crippen molar-refractivity contribution in [3.63, 3.8) is 0 Å². The van der Waals surface area contributed by atoms with Gasteiger partial charge in [0.05, 0.1) is 16.4 Å². The number of hydrogen-bond acceptors (Lipinski definition) is 6. The molecule has 0 unspecified atom stereocenters. The standard InChI is InChI=1S/C12H17F2NO6S3/c1-10-3-4-12(11(2)9-10)24(20,21)15(5-7-22(13,16)17)6-8-23(14,18)19/h3-4,9H,5-8H2,1-2H3. The first kappa shape index (κ1) is 20.9. The number of sulfonamides is 1. The lowest BCUT2D eigenvalue weighted by molar-refractivity contribution is 0.437. The van der Waals surface area contributed by atoms with Gasteiger partial charge < -0.3 is 0 Å². The highest BCUT2D eigenvalue weighted by atomic mass is 32.3. The van der Waals surface area contributed by atoms with Crippen molar-refractivity contribution in [2.75, 3.05) is 24.6 Å². The van der Waals surface area contributed by atoms with E-state index in [9.17, 15) is 33.0 Å². The Bertz CT molecular complexity index is 874. The normalized spacial score (nSPS) is 13.4. The molecule has 0 amide bonds. The maximum absolute atomic E-state index is 12.7. The fourth-order valence-corrected chi connectivity index (χ4v) is 4.76. The Kier molecular flexibility index (Phi) is 6.47. The second kappa shape index (κ2) is 7.42. The van der Waals surface area contributed by atoms with Crippen molar-refractivity contribution in [2.45, 2.75) is 18.7 Å². The second-order valence-corrected chi connectivity index (χ2v) is 10.0. The van der Waals surface area contributed by atoms with Crippen LogP contribution in [-0.2, 0) is 30.5 Å². The fraction of sp³-hybridized carbons (Fsp3) is 0.500. The molecule has 7 nitrogen and oxygen atoms in total. The van der Waals surface area contributed by atoms with Crippen LogP contribution in [0.15, 0.2) is 23.1 Å². The minimum absolute atomic E-state index is 0.194. The summed E-state index contributed by atoms with van der Waals surface area (Å²) in [7, 11) is -14.3. The highest BCUT2D eigenvalue weighted by Crippen LogP contribution is 2.21. The average Bonchev–Trinajstić information content (AvgIpc) is 2.34. The molecular formula is C12H17F2NO6S3. The second-order valence-electron chi connectivity index (χ2n) is 5.16. The molecule has 0 heterocycles. The van der Waals surface area contributed by atoms with Gasteiger partial charge in [-0.2, -0.15) is 21.1 Å². The third kappa shape index (κ3) is 6.42. The van der Waals surface area contributed by atoms with Crippen LogP contribution in [0.2, 0.25) is 0 Å². The first-order chi connectivity index (χ1) is 10.7. The van der Waals surface area contributed by atoms with Crippen LogP contribution in [0.3, 0.4) is 0 Å². The predicted octanol–water partition coefficient (Wildman–Crippen LogP) is 0.893. The van der Waals surface area contributed by atoms with Gasteiger partial charge in [0.25, 0.3) is 0 Å². The summed E-state index contributed by atoms with van der Waals surface area (Å²) in [5.74, 6) is -2.33. The van der Waals surface area contributed by atoms with Crippen molar-refractivity contribution in [3.05, 3.63) is 29.3 Å². The summed E-state index contributed by atoms with van der Waals surface area (Å²) in [6.07, 6.45) is 0. The number of hydrogen-bond donors (Lipinski definition) is 0. The summed E-state index contributed by atoms with van der Waals surface area (Å²) < 4.78 is 93.6. The molecule has 0 fully saturated rings. The van der Waals surface area contributed by atoms with Crippen molar-refractivity contribution >= 4 is 30.5 Å². The van der Waals surface area contributed by atoms with Gasteiger partial charge in [-0.25, -0.2) is 8.42 Å². The van der Waals surface area contributed by atoms with Crippen LogP contribution in [0.1, 0.15) is 11.1 Å². The summed E-state index contributed by atoms with van der Waals surface area (Å²) in [6.45, 7) is 1.57. The molecule has 1 aromatic carbocycles. The lowest BCUT2D eigenvalue weighted by Crippen LogP contribution is -2.38. The van der Waals surface area contributed by atoms with Crippen LogP contribution in [0, 0.1) is 13.8 Å². The number of rotatable bonds is 8. The lowest BCUT2D eigenvalue weighted by atomic mass is 10.2. The molecule has 0 aromatic heterocycles. The molecule has 0 aliphatic rings. The number of benzene rings is 1. The molecule has 0 bridgehead atoms. The molecule has 0 spiro atoms. The zero-order valence-corrected chi connectivity index (χ0v) is 15.4. The minimum atomic E-state index is -4.98. The van der Waals surface area contributed by atoms with Crippen molar-refractivity contribution in [1.29, 1.82) is 0 Å². The third-order valence-electron chi connectivity index (χ3n) is 3.12. The molecule has 0 radical (unpaired) electrons. The maximum atomic E-state index is 12.7. The van der Waals surface area contributed by atoms with E-state index in [0.717, 1.165) is 5.56 Å². The molecule has 1 aromatic rings. The van der Waals surface area contributed by atoms with Crippen LogP contribution in [-0.4, -0.2) is 54.2 Å². The highest BCUT2D eigenvalue weighted by Gasteiger charge is 2.28. The Hall–Kier alpha value is -1.11. The molecule has 12 heteroatoms. The van der Waals surface area contributed by atoms with Gasteiger partial charge in [0.1, 0.15) is 0 Å². The van der Waals surface area contributed by atoms with E-state index in [2.05, 4.69) is 0 Å². The van der Waals surface area contributed by atoms with Gasteiger partial charge in [-0.15, -0.1) is 7.77 Å². The van der Waals surface area contributed by atoms with Crippen LogP contribution >= 0.6 is 0 Å². The Morgan fingerprint density at radius 1 is 0.875 bits per heavy atom. The van der Waals surface area contributed by atoms with E-state index in [-0.39, 0.29) is 4.90 Å². The molecule has 0 saturated heterocycles. The van der Waals surface area contributed by atoms with Crippen molar-refractivity contribution in [1.82, 2.24) is 4.31 Å². The Morgan fingerprint density at radius 2 is 1.33 bits per heavy atom. The molecule has 0 saturated carbocycles. The first-order valence-electron chi connectivity index (χ1n) is 6.64. The summed E-state index contributed by atoms with van der Waals surface area (Å²) in [5.41, 5.74) is 1.11. The van der Waals surface area contributed by atoms with Crippen LogP contribution < -0.4 is 0 Å². The minimum Gasteiger partial charge on any atom is -0.207 e. The lowest BCUT2D eigenvalue weighted by Gasteiger charge is -2.22. The molecular weight excluding hydrogens is 388 g/mol. The largest absolute Gasteiger partial charge is 0.303 e. The smallest absolute Gasteiger partial charge is 0.207 e. The zero-order valence-electron chi connectivity index (χ0n) is 12.9. The topological polar surface area (TPSA) is 106 Å². The van der Waals surface area contributed by atoms with Gasteiger partial charge in [0.2, 0.25) is 10.0 Å². The van der Waals surface area contributed by atoms with Gasteiger partial charge in [0, 0.05) is 13.1 Å². The van der Waals surface area contributed by atoms with E-state index in [0.29, 0.717) is 9.87 Å². The first-order valence-corrected chi connectivity index (χ1v) is 11.2. The number of nitrogens with zero attached hydrogens (tertiary/aromatic N) is 1. The molecule has 0 atom stereocenters. The van der Waals surface area contributed by atoms with Crippen molar-refractivity contribution in [3.8, 4) is 0 Å². The van der Waals surface area contributed by atoms with E-state index < -0.39 is 55.1 Å². The van der Waals surface area contributed by atoms with Gasteiger partial charge in [0.15, 0.2) is 0 Å². The third-order valence-corrected chi connectivity index (χ3v) is 6.52. The molecule has 0 aliphatic heterocycles. The van der Waals surface area contributed by atoms with E-state index >= 15 is 0 Å². The number of aryl methyl sites for hydroxylation is 2. The fourth-order valence-electron chi connectivity index (χ4n) is 2.00. The molecule has 1 rings (SSSR count). The van der Waals surface area contributed by atoms with Crippen LogP contribution in [0.4, 0.5) is 7.77 Å². The average molecular weight is 405 g/mol. The van der Waals surface area contributed by atoms with E-state index in [1.807, 2.05) is 0 Å². The SMILES string of the molecule is Cc1ccc(S(=O)(=O)N(CCS(=O)(=O)F)CCS(=O)(=O)F)c(C)c1. The summed E-state index contributed by atoms with van der Waals surface area (Å²) >= 11 is 0. The van der Waals surface area contributed by atoms with Gasteiger partial charge in [-0.3, -0.25) is 0 Å². The van der Waals surface area contributed by atoms with Crippen molar-refractivity contribution in [2.24, 2.45) is 0 Å². The molecule has 0 N–H and O–H groups in total. The van der Waals surface area contributed by atoms with Gasteiger partial charge >= 0.3 is 20.4 Å². The quantitative estimate of drug-likeness (QED) is 0.595. The number of halogens is 2. The Balaban J connectivity index is 3.23. The van der Waals surface area contributed by atoms with Gasteiger partial charge in [-0.05, 0) is 25.5 Å². The molecule has 138 valence electrons. The molecule has 24 heavy (non-hydrogen) atoms. The summed E-state index contributed by atoms with van der Waals surface area (Å²) in [5, 5.41) is 0. The van der Waals surface area contributed by atoms with Crippen LogP contribution in [0.25, 0.3) is 0 Å². The van der Waals surface area contributed by atoms with Crippen molar-refractivity contribution < 1.29 is 33.0 Å². The Morgan fingerprint density at radius 3 is 1.71 bits per heavy atom. The maximum Gasteiger partial charge on any atom is 0.303 e. The molecule has 0 aliphatic carbocycles. The summed E-state index contributed by atoms with van der Waals surface area (Å²) in [4.78, 5) is -0.194. The van der Waals surface area contributed by atoms with E-state index in [4.69, 9.17) is 0 Å². The van der Waals surface area contributed by atoms with E-state index in [1.165, 1.54) is 19.1 Å². The Labute approximate surface area is 140 Å². The monoisotopic (exact) mass is 405 g/mol. The zero-order chi connectivity index (χ0) is 18.8. The predicted molar refractivity (Wildman–Crippen MR) is 84.5 cm³/mol. The van der Waals surface area contributed by atoms with Crippen LogP contribution in [0.5, 0.6) is 0 Å². The summed E-state index contributed by atoms with van der Waals surface area (Å²) in [6, 6.07) is 4.32.